The molecule has 0 aliphatic rings. The van der Waals surface area contributed by atoms with Crippen molar-refractivity contribution in [2.75, 3.05) is 12.3 Å². The zero-order valence-electron chi connectivity index (χ0n) is 6.65. The van der Waals surface area contributed by atoms with Crippen molar-refractivity contribution in [2.45, 2.75) is 13.8 Å². The van der Waals surface area contributed by atoms with Crippen molar-refractivity contribution in [1.29, 1.82) is 0 Å². The van der Waals surface area contributed by atoms with Gasteiger partial charge in [-0.3, -0.25) is 0 Å². The Morgan fingerprint density at radius 3 is 1.09 bits per heavy atom. The van der Waals surface area contributed by atoms with Crippen LogP contribution >= 0.6 is 16.1 Å². The second-order valence-corrected chi connectivity index (χ2v) is 3.89. The Labute approximate surface area is 98.1 Å². The molecule has 0 bridgehead atoms. The second-order valence-electron chi connectivity index (χ2n) is 1.30. The van der Waals surface area contributed by atoms with E-state index in [2.05, 4.69) is 0 Å². The summed E-state index contributed by atoms with van der Waals surface area (Å²) < 4.78 is 18.8. The van der Waals surface area contributed by atoms with E-state index in [9.17, 15) is 18.9 Å². The summed E-state index contributed by atoms with van der Waals surface area (Å²) in [5.74, 6) is 0. The number of hydrogen-bond donors (Lipinski definition) is 0. The first-order valence-electron chi connectivity index (χ1n) is 2.78. The van der Waals surface area contributed by atoms with Crippen LogP contribution in [0.3, 0.4) is 0 Å². The molecule has 0 radical (unpaired) electrons. The largest absolute Gasteiger partial charge is 2.00 e. The van der Waals surface area contributed by atoms with E-state index >= 15 is 0 Å². The maximum absolute atomic E-state index is 9.41. The molecule has 0 aliphatic carbocycles. The summed E-state index contributed by atoms with van der Waals surface area (Å²) >= 11 is 0. The summed E-state index contributed by atoms with van der Waals surface area (Å²) in [5.41, 5.74) is 0. The molecule has 0 aromatic carbocycles. The maximum Gasteiger partial charge on any atom is 2.00 e. The van der Waals surface area contributed by atoms with Crippen molar-refractivity contribution in [3.63, 3.8) is 0 Å². The molecule has 60 valence electrons. The standard InChI is InChI=1S/2C2H5O2P.Ca/c2*1-2-5(3)4;/h2*2H2,1H3;/q;;+2. The van der Waals surface area contributed by atoms with Crippen molar-refractivity contribution in [1.82, 2.24) is 0 Å². The van der Waals surface area contributed by atoms with Crippen LogP contribution in [0.15, 0.2) is 0 Å². The third-order valence-corrected chi connectivity index (χ3v) is 1.55. The van der Waals surface area contributed by atoms with Gasteiger partial charge in [0, 0.05) is 0 Å². The first-order valence-corrected chi connectivity index (χ1v) is 5.50. The normalized spacial score (nSPS) is 10.2. The average Bonchev–Trinajstić information content (AvgIpc) is 1.89. The Morgan fingerprint density at radius 1 is 1.00 bits per heavy atom. The molecular formula is C4H10CaO4P2+2. The summed E-state index contributed by atoms with van der Waals surface area (Å²) in [5, 5.41) is 0. The number of hydrogen-bond acceptors (Lipinski definition) is 4. The van der Waals surface area contributed by atoms with Crippen LogP contribution in [-0.2, 0) is 9.13 Å². The molecule has 0 saturated carbocycles. The fourth-order valence-electron chi connectivity index (χ4n) is 0. The summed E-state index contributed by atoms with van der Waals surface area (Å²) in [6, 6.07) is 0. The van der Waals surface area contributed by atoms with E-state index in [1.54, 1.807) is 13.8 Å². The first kappa shape index (κ1) is 18.2. The SMILES string of the molecule is CC[P+](=O)[O-].CC[P+](=O)[O-].[Ca+2]. The van der Waals surface area contributed by atoms with Crippen molar-refractivity contribution < 1.29 is 18.9 Å². The van der Waals surface area contributed by atoms with Crippen LogP contribution in [0.25, 0.3) is 0 Å². The van der Waals surface area contributed by atoms with Gasteiger partial charge >= 0.3 is 53.8 Å². The molecule has 0 rings (SSSR count). The minimum absolute atomic E-state index is 0. The molecule has 11 heavy (non-hydrogen) atoms. The van der Waals surface area contributed by atoms with Crippen LogP contribution in [0.5, 0.6) is 0 Å². The van der Waals surface area contributed by atoms with E-state index in [0.29, 0.717) is 0 Å². The minimum Gasteiger partial charge on any atom is -0.596 e. The van der Waals surface area contributed by atoms with E-state index in [1.807, 2.05) is 0 Å². The van der Waals surface area contributed by atoms with Gasteiger partial charge in [-0.25, -0.2) is 0 Å². The third kappa shape index (κ3) is 34.6. The Morgan fingerprint density at radius 2 is 1.09 bits per heavy atom. The molecule has 0 amide bonds. The molecule has 0 heterocycles. The zero-order valence-corrected chi connectivity index (χ0v) is 10.6. The van der Waals surface area contributed by atoms with Crippen molar-refractivity contribution in [3.8, 4) is 0 Å². The molecule has 2 unspecified atom stereocenters. The molecule has 0 aliphatic heterocycles. The van der Waals surface area contributed by atoms with Gasteiger partial charge < -0.3 is 9.79 Å². The monoisotopic (exact) mass is 224 g/mol. The molecule has 0 spiro atoms. The van der Waals surface area contributed by atoms with Gasteiger partial charge in [0.1, 0.15) is 12.3 Å². The maximum atomic E-state index is 9.41. The Balaban J connectivity index is -0.000000107. The molecule has 2 atom stereocenters. The summed E-state index contributed by atoms with van der Waals surface area (Å²) in [4.78, 5) is 18.8. The van der Waals surface area contributed by atoms with Gasteiger partial charge in [-0.1, -0.05) is 9.13 Å². The Kier molecular flexibility index (Phi) is 23.1. The zero-order chi connectivity index (χ0) is 8.57. The third-order valence-electron chi connectivity index (χ3n) is 0.516. The van der Waals surface area contributed by atoms with Crippen LogP contribution in [0, 0.1) is 0 Å². The van der Waals surface area contributed by atoms with Crippen LogP contribution in [-0.4, -0.2) is 50.1 Å². The molecule has 0 aromatic heterocycles. The van der Waals surface area contributed by atoms with Gasteiger partial charge in [0.2, 0.25) is 0 Å². The van der Waals surface area contributed by atoms with Gasteiger partial charge in [-0.15, -0.1) is 0 Å². The topological polar surface area (TPSA) is 80.3 Å². The van der Waals surface area contributed by atoms with Gasteiger partial charge in [-0.05, 0) is 13.8 Å². The van der Waals surface area contributed by atoms with Crippen molar-refractivity contribution in [3.05, 3.63) is 0 Å². The summed E-state index contributed by atoms with van der Waals surface area (Å²) in [7, 11) is -4.20. The minimum atomic E-state index is -2.10. The van der Waals surface area contributed by atoms with Gasteiger partial charge in [0.05, 0.1) is 0 Å². The van der Waals surface area contributed by atoms with Crippen LogP contribution in [0.2, 0.25) is 0 Å². The van der Waals surface area contributed by atoms with Gasteiger partial charge in [0.25, 0.3) is 0 Å². The van der Waals surface area contributed by atoms with E-state index in [4.69, 9.17) is 0 Å². The Hall–Kier alpha value is 1.38. The second kappa shape index (κ2) is 13.9. The fourth-order valence-corrected chi connectivity index (χ4v) is 0. The van der Waals surface area contributed by atoms with Crippen LogP contribution in [0.1, 0.15) is 13.8 Å². The van der Waals surface area contributed by atoms with Crippen LogP contribution < -0.4 is 9.79 Å². The number of rotatable bonds is 2. The van der Waals surface area contributed by atoms with Gasteiger partial charge in [0.15, 0.2) is 0 Å². The average molecular weight is 224 g/mol. The molecule has 7 heteroatoms. The van der Waals surface area contributed by atoms with E-state index < -0.39 is 16.1 Å². The summed E-state index contributed by atoms with van der Waals surface area (Å²) in [6.45, 7) is 3.21. The molecule has 4 nitrogen and oxygen atoms in total. The predicted molar refractivity (Wildman–Crippen MR) is 42.0 cm³/mol. The fraction of sp³-hybridized carbons (Fsp3) is 1.00. The molecule has 0 N–H and O–H groups in total. The van der Waals surface area contributed by atoms with Gasteiger partial charge in [-0.2, -0.15) is 0 Å². The van der Waals surface area contributed by atoms with E-state index in [1.165, 1.54) is 0 Å². The molecule has 0 fully saturated rings. The smallest absolute Gasteiger partial charge is 0.596 e. The molecular weight excluding hydrogens is 214 g/mol. The molecule has 0 saturated heterocycles. The predicted octanol–water partition coefficient (Wildman–Crippen LogP) is -0.163. The quantitative estimate of drug-likeness (QED) is 0.482. The van der Waals surface area contributed by atoms with Crippen LogP contribution in [0.4, 0.5) is 0 Å². The van der Waals surface area contributed by atoms with E-state index in [0.717, 1.165) is 0 Å². The summed E-state index contributed by atoms with van der Waals surface area (Å²) in [6.07, 6.45) is 0.519. The van der Waals surface area contributed by atoms with E-state index in [-0.39, 0.29) is 50.1 Å². The molecule has 0 aromatic rings. The first-order chi connectivity index (χ1) is 4.54. The Bertz CT molecular complexity index is 105. The van der Waals surface area contributed by atoms with Crippen molar-refractivity contribution in [2.24, 2.45) is 0 Å². The van der Waals surface area contributed by atoms with Crippen molar-refractivity contribution >= 4 is 53.8 Å².